The van der Waals surface area contributed by atoms with Crippen molar-refractivity contribution in [3.05, 3.63) is 232 Å². The summed E-state index contributed by atoms with van der Waals surface area (Å²) in [6, 6.07) is 67.4. The number of hydrogen-bond acceptors (Lipinski definition) is 1. The Kier molecular flexibility index (Phi) is 6.80. The number of anilines is 3. The van der Waals surface area contributed by atoms with Gasteiger partial charge in [-0.25, -0.2) is 0 Å². The number of hydrogen-bond donors (Lipinski definition) is 0. The van der Waals surface area contributed by atoms with E-state index >= 15 is 0 Å². The van der Waals surface area contributed by atoms with Gasteiger partial charge in [0.2, 0.25) is 0 Å². The van der Waals surface area contributed by atoms with Crippen molar-refractivity contribution in [2.45, 2.75) is 63.2 Å². The first-order valence-electron chi connectivity index (χ1n) is 21.3. The molecule has 0 saturated heterocycles. The molecule has 12 rings (SSSR count). The molecular formula is C58H47N. The number of rotatable bonds is 3. The van der Waals surface area contributed by atoms with Crippen LogP contribution in [0.5, 0.6) is 0 Å². The minimum absolute atomic E-state index is 0.0695. The molecule has 59 heavy (non-hydrogen) atoms. The maximum atomic E-state index is 2.54. The molecular weight excluding hydrogens is 711 g/mol. The fraction of sp³-hybridized carbons (Fsp3) is 0.172. The fourth-order valence-electron chi connectivity index (χ4n) is 12.1. The van der Waals surface area contributed by atoms with E-state index in [-0.39, 0.29) is 16.2 Å². The van der Waals surface area contributed by atoms with E-state index in [0.717, 1.165) is 5.69 Å². The molecule has 0 heterocycles. The highest BCUT2D eigenvalue weighted by Gasteiger charge is 2.53. The van der Waals surface area contributed by atoms with Gasteiger partial charge in [-0.15, -0.1) is 0 Å². The van der Waals surface area contributed by atoms with Crippen molar-refractivity contribution in [3.63, 3.8) is 0 Å². The van der Waals surface area contributed by atoms with Gasteiger partial charge in [0.25, 0.3) is 0 Å². The number of nitrogens with zero attached hydrogens (tertiary/aromatic N) is 1. The third-order valence-corrected chi connectivity index (χ3v) is 14.9. The van der Waals surface area contributed by atoms with E-state index in [9.17, 15) is 0 Å². The Hall–Kier alpha value is -6.44. The molecule has 0 fully saturated rings. The van der Waals surface area contributed by atoms with Crippen molar-refractivity contribution >= 4 is 17.1 Å². The summed E-state index contributed by atoms with van der Waals surface area (Å²) >= 11 is 0. The van der Waals surface area contributed by atoms with Gasteiger partial charge < -0.3 is 4.90 Å². The van der Waals surface area contributed by atoms with Crippen molar-refractivity contribution in [1.29, 1.82) is 0 Å². The Bertz CT molecular complexity index is 3050. The molecule has 0 unspecified atom stereocenters. The molecule has 1 heteroatoms. The molecule has 0 radical (unpaired) electrons. The lowest BCUT2D eigenvalue weighted by atomic mass is 9.55. The minimum atomic E-state index is -0.473. The van der Waals surface area contributed by atoms with Crippen LogP contribution in [0.25, 0.3) is 33.4 Å². The molecule has 0 bridgehead atoms. The first-order chi connectivity index (χ1) is 28.5. The van der Waals surface area contributed by atoms with Gasteiger partial charge >= 0.3 is 0 Å². The molecule has 0 aliphatic heterocycles. The average Bonchev–Trinajstić information content (AvgIpc) is 3.78. The predicted octanol–water partition coefficient (Wildman–Crippen LogP) is 14.8. The maximum Gasteiger partial charge on any atom is 0.0720 e. The lowest BCUT2D eigenvalue weighted by molar-refractivity contribution is 0.563. The topological polar surface area (TPSA) is 3.24 Å². The Morgan fingerprint density at radius 3 is 1.17 bits per heavy atom. The van der Waals surface area contributed by atoms with Crippen LogP contribution in [-0.2, 0) is 21.7 Å². The van der Waals surface area contributed by atoms with Gasteiger partial charge in [-0.2, -0.15) is 0 Å². The monoisotopic (exact) mass is 757 g/mol. The molecule has 0 N–H and O–H groups in total. The van der Waals surface area contributed by atoms with E-state index in [4.69, 9.17) is 0 Å². The molecule has 0 saturated carbocycles. The zero-order valence-corrected chi connectivity index (χ0v) is 34.7. The van der Waals surface area contributed by atoms with Crippen LogP contribution in [-0.4, -0.2) is 0 Å². The predicted molar refractivity (Wildman–Crippen MR) is 246 cm³/mol. The fourth-order valence-corrected chi connectivity index (χ4v) is 12.1. The normalized spacial score (nSPS) is 16.8. The second-order valence-electron chi connectivity index (χ2n) is 18.9. The molecule has 4 aliphatic carbocycles. The van der Waals surface area contributed by atoms with Crippen LogP contribution < -0.4 is 4.90 Å². The minimum Gasteiger partial charge on any atom is -0.310 e. The van der Waals surface area contributed by atoms with E-state index < -0.39 is 5.41 Å². The first-order valence-corrected chi connectivity index (χ1v) is 21.3. The van der Waals surface area contributed by atoms with Gasteiger partial charge in [-0.1, -0.05) is 181 Å². The summed E-state index contributed by atoms with van der Waals surface area (Å²) in [5.74, 6) is 0. The average molecular weight is 758 g/mol. The summed E-state index contributed by atoms with van der Waals surface area (Å²) in [6.45, 7) is 14.3. The van der Waals surface area contributed by atoms with E-state index in [0.29, 0.717) is 0 Å². The lowest BCUT2D eigenvalue weighted by Crippen LogP contribution is -2.40. The summed E-state index contributed by atoms with van der Waals surface area (Å²) in [7, 11) is 0. The van der Waals surface area contributed by atoms with Gasteiger partial charge in [0, 0.05) is 33.3 Å². The highest BCUT2D eigenvalue weighted by Crippen LogP contribution is 2.63. The second-order valence-corrected chi connectivity index (χ2v) is 18.9. The number of benzene rings is 8. The van der Waals surface area contributed by atoms with Crippen molar-refractivity contribution < 1.29 is 0 Å². The van der Waals surface area contributed by atoms with Gasteiger partial charge in [0.05, 0.1) is 5.41 Å². The van der Waals surface area contributed by atoms with Crippen LogP contribution in [0.4, 0.5) is 17.1 Å². The van der Waals surface area contributed by atoms with Crippen molar-refractivity contribution in [2.75, 3.05) is 4.90 Å². The zero-order valence-electron chi connectivity index (χ0n) is 34.7. The smallest absolute Gasteiger partial charge is 0.0720 e. The summed E-state index contributed by atoms with van der Waals surface area (Å²) in [5.41, 5.74) is 24.4. The summed E-state index contributed by atoms with van der Waals surface area (Å²) < 4.78 is 0. The second kappa shape index (κ2) is 11.6. The lowest BCUT2D eigenvalue weighted by Gasteiger charge is -2.46. The van der Waals surface area contributed by atoms with Crippen molar-refractivity contribution in [3.8, 4) is 33.4 Å². The Balaban J connectivity index is 1.14. The Labute approximate surface area is 348 Å². The van der Waals surface area contributed by atoms with E-state index in [1.807, 2.05) is 0 Å². The SMILES string of the molecule is CC1(C)c2ccccc2-c2cc(N(c3ccc4c(c3)C(C)(C)c3ccccc3-4)c3ccc4c(c3)C3(c5ccccc5-4)c4ccccc4C(C)(C)c4ccccc43)ccc21. The first kappa shape index (κ1) is 34.6. The van der Waals surface area contributed by atoms with Crippen molar-refractivity contribution in [1.82, 2.24) is 0 Å². The van der Waals surface area contributed by atoms with Gasteiger partial charge in [-0.05, 0) is 125 Å². The molecule has 4 aliphatic rings. The Morgan fingerprint density at radius 2 is 0.593 bits per heavy atom. The quantitative estimate of drug-likeness (QED) is 0.173. The highest BCUT2D eigenvalue weighted by atomic mass is 15.1. The van der Waals surface area contributed by atoms with Crippen LogP contribution in [0.15, 0.2) is 176 Å². The van der Waals surface area contributed by atoms with Crippen LogP contribution in [0.3, 0.4) is 0 Å². The van der Waals surface area contributed by atoms with Crippen LogP contribution >= 0.6 is 0 Å². The standard InChI is InChI=1S/C58H47N/c1-55(2)46-21-11-8-19-41(46)44-33-36(29-32-47(44)55)59(37-27-30-42-39-17-7-10-20-45(39)56(3,4)53(42)34-37)38-28-31-43-40-18-9-12-22-48(40)58(54(43)35-38)51-25-15-13-23-49(51)57(5,6)50-24-14-16-26-52(50)58/h7-35H,1-6H3. The van der Waals surface area contributed by atoms with Gasteiger partial charge in [0.15, 0.2) is 0 Å². The van der Waals surface area contributed by atoms with Crippen LogP contribution in [0, 0.1) is 0 Å². The van der Waals surface area contributed by atoms with E-state index in [2.05, 4.69) is 222 Å². The van der Waals surface area contributed by atoms with Gasteiger partial charge in [0.1, 0.15) is 0 Å². The molecule has 0 amide bonds. The van der Waals surface area contributed by atoms with Crippen molar-refractivity contribution in [2.24, 2.45) is 0 Å². The number of fused-ring (bicyclic) bond motifs is 15. The summed E-state index contributed by atoms with van der Waals surface area (Å²) in [6.07, 6.45) is 0. The van der Waals surface area contributed by atoms with Crippen LogP contribution in [0.2, 0.25) is 0 Å². The summed E-state index contributed by atoms with van der Waals surface area (Å²) in [4.78, 5) is 2.54. The van der Waals surface area contributed by atoms with Crippen LogP contribution in [0.1, 0.15) is 97.2 Å². The van der Waals surface area contributed by atoms with Gasteiger partial charge in [-0.3, -0.25) is 0 Å². The molecule has 0 aromatic heterocycles. The highest BCUT2D eigenvalue weighted by molar-refractivity contribution is 5.93. The molecule has 1 nitrogen and oxygen atoms in total. The molecule has 8 aromatic carbocycles. The molecule has 284 valence electrons. The third kappa shape index (κ3) is 4.30. The zero-order chi connectivity index (χ0) is 40.1. The summed E-state index contributed by atoms with van der Waals surface area (Å²) in [5, 5.41) is 0. The Morgan fingerprint density at radius 1 is 0.254 bits per heavy atom. The molecule has 0 atom stereocenters. The third-order valence-electron chi connectivity index (χ3n) is 14.9. The van der Waals surface area contributed by atoms with E-state index in [1.165, 1.54) is 100 Å². The molecule has 1 spiro atoms. The molecule has 8 aromatic rings. The van der Waals surface area contributed by atoms with E-state index in [1.54, 1.807) is 0 Å². The largest absolute Gasteiger partial charge is 0.310 e. The maximum absolute atomic E-state index is 2.54.